The van der Waals surface area contributed by atoms with Gasteiger partial charge in [0.1, 0.15) is 0 Å². The quantitative estimate of drug-likeness (QED) is 0.893. The molecule has 1 atom stereocenters. The minimum absolute atomic E-state index is 0.122. The summed E-state index contributed by atoms with van der Waals surface area (Å²) in [5, 5.41) is 2.84. The normalized spacial score (nSPS) is 12.2. The molecule has 1 aromatic carbocycles. The van der Waals surface area contributed by atoms with Crippen LogP contribution >= 0.6 is 15.9 Å². The molecule has 0 saturated carbocycles. The molecule has 88 valence electrons. The zero-order chi connectivity index (χ0) is 12.1. The molecule has 0 radical (unpaired) electrons. The first-order chi connectivity index (χ1) is 7.56. The minimum atomic E-state index is -0.427. The number of rotatable bonds is 4. The molecule has 16 heavy (non-hydrogen) atoms. The second-order valence-corrected chi connectivity index (χ2v) is 4.65. The minimum Gasteiger partial charge on any atom is -0.324 e. The highest BCUT2D eigenvalue weighted by atomic mass is 79.9. The summed E-state index contributed by atoms with van der Waals surface area (Å²) in [6, 6.07) is 5.27. The monoisotopic (exact) mass is 284 g/mol. The molecule has 0 bridgehead atoms. The van der Waals surface area contributed by atoms with Gasteiger partial charge in [0.15, 0.2) is 0 Å². The van der Waals surface area contributed by atoms with Gasteiger partial charge in [-0.1, -0.05) is 35.3 Å². The van der Waals surface area contributed by atoms with Crippen LogP contribution in [0.5, 0.6) is 0 Å². The maximum absolute atomic E-state index is 11.7. The molecule has 1 amide bonds. The van der Waals surface area contributed by atoms with Crippen molar-refractivity contribution >= 4 is 27.5 Å². The van der Waals surface area contributed by atoms with Crippen molar-refractivity contribution in [1.29, 1.82) is 0 Å². The number of nitrogens with two attached hydrogens (primary N) is 1. The van der Waals surface area contributed by atoms with E-state index in [9.17, 15) is 4.79 Å². The number of anilines is 1. The van der Waals surface area contributed by atoms with Gasteiger partial charge in [-0.25, -0.2) is 0 Å². The number of carbonyl (C=O) groups is 1. The van der Waals surface area contributed by atoms with E-state index >= 15 is 0 Å². The average molecular weight is 285 g/mol. The Morgan fingerprint density at radius 3 is 2.88 bits per heavy atom. The maximum Gasteiger partial charge on any atom is 0.241 e. The molecular formula is C12H17BrN2O. The lowest BCUT2D eigenvalue weighted by atomic mass is 10.1. The van der Waals surface area contributed by atoms with Crippen molar-refractivity contribution in [3.8, 4) is 0 Å². The van der Waals surface area contributed by atoms with Gasteiger partial charge in [-0.2, -0.15) is 0 Å². The van der Waals surface area contributed by atoms with Crippen LogP contribution in [0.25, 0.3) is 0 Å². The highest BCUT2D eigenvalue weighted by Gasteiger charge is 2.13. The van der Waals surface area contributed by atoms with E-state index in [1.54, 1.807) is 0 Å². The molecule has 3 N–H and O–H groups in total. The Bertz CT molecular complexity index is 379. The van der Waals surface area contributed by atoms with Gasteiger partial charge in [-0.3, -0.25) is 4.79 Å². The van der Waals surface area contributed by atoms with Crippen LogP contribution in [0, 0.1) is 6.92 Å². The molecule has 0 heterocycles. The predicted molar refractivity (Wildman–Crippen MR) is 70.4 cm³/mol. The summed E-state index contributed by atoms with van der Waals surface area (Å²) >= 11 is 3.42. The number of carbonyl (C=O) groups excluding carboxylic acids is 1. The van der Waals surface area contributed by atoms with Crippen LogP contribution in [0.1, 0.15) is 25.3 Å². The Morgan fingerprint density at radius 2 is 2.25 bits per heavy atom. The molecule has 0 fully saturated rings. The Kier molecular flexibility index (Phi) is 4.96. The lowest BCUT2D eigenvalue weighted by molar-refractivity contribution is -0.117. The van der Waals surface area contributed by atoms with Gasteiger partial charge in [-0.15, -0.1) is 0 Å². The summed E-state index contributed by atoms with van der Waals surface area (Å²) in [5.41, 5.74) is 7.56. The third-order valence-electron chi connectivity index (χ3n) is 2.46. The van der Waals surface area contributed by atoms with Crippen LogP contribution in [-0.2, 0) is 4.79 Å². The summed E-state index contributed by atoms with van der Waals surface area (Å²) in [4.78, 5) is 11.7. The largest absolute Gasteiger partial charge is 0.324 e. The van der Waals surface area contributed by atoms with Crippen LogP contribution in [0.3, 0.4) is 0 Å². The van der Waals surface area contributed by atoms with E-state index in [1.807, 2.05) is 32.0 Å². The van der Waals surface area contributed by atoms with Crippen LogP contribution in [0.4, 0.5) is 5.69 Å². The number of benzene rings is 1. The van der Waals surface area contributed by atoms with Gasteiger partial charge in [0, 0.05) is 10.2 Å². The maximum atomic E-state index is 11.7. The van der Waals surface area contributed by atoms with E-state index < -0.39 is 6.04 Å². The van der Waals surface area contributed by atoms with E-state index in [0.717, 1.165) is 22.1 Å². The molecule has 0 aliphatic rings. The number of hydrogen-bond acceptors (Lipinski definition) is 2. The predicted octanol–water partition coefficient (Wildman–Crippen LogP) is 2.82. The van der Waals surface area contributed by atoms with Gasteiger partial charge < -0.3 is 11.1 Å². The first kappa shape index (κ1) is 13.2. The van der Waals surface area contributed by atoms with Crippen molar-refractivity contribution in [2.75, 3.05) is 5.32 Å². The van der Waals surface area contributed by atoms with E-state index in [-0.39, 0.29) is 5.91 Å². The summed E-state index contributed by atoms with van der Waals surface area (Å²) in [6.07, 6.45) is 1.62. The van der Waals surface area contributed by atoms with Crippen LogP contribution < -0.4 is 11.1 Å². The van der Waals surface area contributed by atoms with Crippen molar-refractivity contribution < 1.29 is 4.79 Å². The zero-order valence-electron chi connectivity index (χ0n) is 9.59. The Balaban J connectivity index is 2.73. The van der Waals surface area contributed by atoms with Crippen LogP contribution in [-0.4, -0.2) is 11.9 Å². The number of hydrogen-bond donors (Lipinski definition) is 2. The zero-order valence-corrected chi connectivity index (χ0v) is 11.2. The third-order valence-corrected chi connectivity index (χ3v) is 3.32. The van der Waals surface area contributed by atoms with Gasteiger partial charge in [0.05, 0.1) is 6.04 Å². The molecule has 0 aliphatic carbocycles. The standard InChI is InChI=1S/C12H17BrN2O/c1-3-5-10(14)12(16)15-11-7-4-6-9(13)8(11)2/h4,6-7,10H,3,5,14H2,1-2H3,(H,15,16)/t10-/m0/s1. The van der Waals surface area contributed by atoms with Gasteiger partial charge in [0.2, 0.25) is 5.91 Å². The second-order valence-electron chi connectivity index (χ2n) is 3.80. The smallest absolute Gasteiger partial charge is 0.241 e. The Hall–Kier alpha value is -0.870. The van der Waals surface area contributed by atoms with E-state index in [4.69, 9.17) is 5.73 Å². The first-order valence-corrected chi connectivity index (χ1v) is 6.17. The summed E-state index contributed by atoms with van der Waals surface area (Å²) < 4.78 is 0.981. The number of amides is 1. The molecular weight excluding hydrogens is 268 g/mol. The molecule has 0 saturated heterocycles. The highest BCUT2D eigenvalue weighted by molar-refractivity contribution is 9.10. The SMILES string of the molecule is CCC[C@H](N)C(=O)Nc1cccc(Br)c1C. The van der Waals surface area contributed by atoms with Crippen molar-refractivity contribution in [1.82, 2.24) is 0 Å². The van der Waals surface area contributed by atoms with Crippen molar-refractivity contribution in [3.05, 3.63) is 28.2 Å². The lowest BCUT2D eigenvalue weighted by Crippen LogP contribution is -2.35. The molecule has 1 aromatic rings. The molecule has 0 aliphatic heterocycles. The fraction of sp³-hybridized carbons (Fsp3) is 0.417. The van der Waals surface area contributed by atoms with Gasteiger partial charge >= 0.3 is 0 Å². The Morgan fingerprint density at radius 1 is 1.56 bits per heavy atom. The number of halogens is 1. The van der Waals surface area contributed by atoms with Crippen molar-refractivity contribution in [3.63, 3.8) is 0 Å². The molecule has 3 nitrogen and oxygen atoms in total. The van der Waals surface area contributed by atoms with Crippen LogP contribution in [0.15, 0.2) is 22.7 Å². The second kappa shape index (κ2) is 6.01. The molecule has 0 aromatic heterocycles. The van der Waals surface area contributed by atoms with Crippen LogP contribution in [0.2, 0.25) is 0 Å². The molecule has 0 spiro atoms. The van der Waals surface area contributed by atoms with Crippen molar-refractivity contribution in [2.45, 2.75) is 32.7 Å². The number of nitrogens with one attached hydrogen (secondary N) is 1. The summed E-state index contributed by atoms with van der Waals surface area (Å²) in [5.74, 6) is -0.122. The molecule has 0 unspecified atom stereocenters. The Labute approximate surface area is 105 Å². The fourth-order valence-corrected chi connectivity index (χ4v) is 1.78. The molecule has 4 heteroatoms. The topological polar surface area (TPSA) is 55.1 Å². The summed E-state index contributed by atoms with van der Waals surface area (Å²) in [7, 11) is 0. The van der Waals surface area contributed by atoms with Crippen molar-refractivity contribution in [2.24, 2.45) is 5.73 Å². The van der Waals surface area contributed by atoms with Gasteiger partial charge in [0.25, 0.3) is 0 Å². The lowest BCUT2D eigenvalue weighted by Gasteiger charge is -2.13. The average Bonchev–Trinajstić information content (AvgIpc) is 2.25. The summed E-state index contributed by atoms with van der Waals surface area (Å²) in [6.45, 7) is 3.96. The first-order valence-electron chi connectivity index (χ1n) is 5.37. The van der Waals surface area contributed by atoms with Gasteiger partial charge in [-0.05, 0) is 31.0 Å². The highest BCUT2D eigenvalue weighted by Crippen LogP contribution is 2.23. The van der Waals surface area contributed by atoms with E-state index in [2.05, 4.69) is 21.2 Å². The van der Waals surface area contributed by atoms with E-state index in [0.29, 0.717) is 6.42 Å². The fourth-order valence-electron chi connectivity index (χ4n) is 1.41. The van der Waals surface area contributed by atoms with E-state index in [1.165, 1.54) is 0 Å². The third kappa shape index (κ3) is 3.32. The molecule has 1 rings (SSSR count).